The molecule has 0 unspecified atom stereocenters. The van der Waals surface area contributed by atoms with Crippen molar-refractivity contribution in [1.82, 2.24) is 9.88 Å². The van der Waals surface area contributed by atoms with Gasteiger partial charge in [-0.1, -0.05) is 0 Å². The first-order valence-corrected chi connectivity index (χ1v) is 6.19. The van der Waals surface area contributed by atoms with E-state index in [0.717, 1.165) is 43.4 Å². The van der Waals surface area contributed by atoms with Gasteiger partial charge in [0.2, 0.25) is 6.41 Å². The third-order valence-corrected chi connectivity index (χ3v) is 3.63. The van der Waals surface area contributed by atoms with Gasteiger partial charge in [0.25, 0.3) is 0 Å². The van der Waals surface area contributed by atoms with Crippen molar-refractivity contribution in [2.75, 3.05) is 31.1 Å². The third kappa shape index (κ3) is 2.41. The van der Waals surface area contributed by atoms with Crippen molar-refractivity contribution in [2.24, 2.45) is 0 Å². The van der Waals surface area contributed by atoms with Crippen molar-refractivity contribution in [3.8, 4) is 0 Å². The van der Waals surface area contributed by atoms with E-state index in [0.29, 0.717) is 5.88 Å². The van der Waals surface area contributed by atoms with Gasteiger partial charge in [0.15, 0.2) is 5.13 Å². The van der Waals surface area contributed by atoms with Crippen LogP contribution in [0.25, 0.3) is 0 Å². The zero-order valence-corrected chi connectivity index (χ0v) is 9.80. The number of anilines is 1. The number of rotatable bonds is 3. The number of alkyl halides is 1. The van der Waals surface area contributed by atoms with Crippen LogP contribution in [0.1, 0.15) is 5.69 Å². The Balaban J connectivity index is 1.97. The lowest BCUT2D eigenvalue weighted by molar-refractivity contribution is -0.118. The summed E-state index contributed by atoms with van der Waals surface area (Å²) in [6.07, 6.45) is 0.906. The van der Waals surface area contributed by atoms with Crippen molar-refractivity contribution in [1.29, 1.82) is 0 Å². The number of amides is 1. The van der Waals surface area contributed by atoms with Crippen LogP contribution >= 0.6 is 22.9 Å². The topological polar surface area (TPSA) is 36.4 Å². The van der Waals surface area contributed by atoms with Gasteiger partial charge in [0, 0.05) is 31.6 Å². The summed E-state index contributed by atoms with van der Waals surface area (Å²) < 4.78 is 0. The zero-order valence-electron chi connectivity index (χ0n) is 8.23. The molecule has 0 radical (unpaired) electrons. The fraction of sp³-hybridized carbons (Fsp3) is 0.556. The van der Waals surface area contributed by atoms with Gasteiger partial charge in [0.1, 0.15) is 0 Å². The number of hydrogen-bond acceptors (Lipinski definition) is 4. The van der Waals surface area contributed by atoms with Crippen molar-refractivity contribution >= 4 is 34.5 Å². The van der Waals surface area contributed by atoms with Crippen LogP contribution < -0.4 is 4.90 Å². The lowest BCUT2D eigenvalue weighted by Gasteiger charge is -2.32. The molecule has 1 aliphatic heterocycles. The van der Waals surface area contributed by atoms with Crippen LogP contribution in [0.5, 0.6) is 0 Å². The fourth-order valence-electron chi connectivity index (χ4n) is 1.52. The number of halogens is 1. The SMILES string of the molecule is O=CN1CCN(c2nc(CCl)cs2)CC1. The van der Waals surface area contributed by atoms with Crippen LogP contribution in [0.3, 0.4) is 0 Å². The molecular formula is C9H12ClN3OS. The van der Waals surface area contributed by atoms with Crippen LogP contribution in [0.15, 0.2) is 5.38 Å². The molecule has 15 heavy (non-hydrogen) atoms. The number of nitrogens with zero attached hydrogens (tertiary/aromatic N) is 3. The van der Waals surface area contributed by atoms with Gasteiger partial charge in [-0.15, -0.1) is 22.9 Å². The zero-order chi connectivity index (χ0) is 10.7. The van der Waals surface area contributed by atoms with E-state index in [1.54, 1.807) is 16.2 Å². The van der Waals surface area contributed by atoms with E-state index in [1.807, 2.05) is 5.38 Å². The Morgan fingerprint density at radius 3 is 2.73 bits per heavy atom. The molecule has 0 atom stereocenters. The molecule has 0 aromatic carbocycles. The normalized spacial score (nSPS) is 16.9. The number of carbonyl (C=O) groups is 1. The lowest BCUT2D eigenvalue weighted by Crippen LogP contribution is -2.45. The largest absolute Gasteiger partial charge is 0.345 e. The van der Waals surface area contributed by atoms with Gasteiger partial charge in [-0.2, -0.15) is 0 Å². The first-order chi connectivity index (χ1) is 7.33. The highest BCUT2D eigenvalue weighted by atomic mass is 35.5. The summed E-state index contributed by atoms with van der Waals surface area (Å²) in [5.41, 5.74) is 0.925. The van der Waals surface area contributed by atoms with Crippen molar-refractivity contribution in [2.45, 2.75) is 5.88 Å². The van der Waals surface area contributed by atoms with Crippen LogP contribution in [0, 0.1) is 0 Å². The Bertz CT molecular complexity index is 336. The summed E-state index contributed by atoms with van der Waals surface area (Å²) in [6.45, 7) is 3.26. The summed E-state index contributed by atoms with van der Waals surface area (Å²) in [4.78, 5) is 18.9. The Kier molecular flexibility index (Phi) is 3.43. The highest BCUT2D eigenvalue weighted by molar-refractivity contribution is 7.13. The predicted octanol–water partition coefficient (Wildman–Crippen LogP) is 1.16. The average Bonchev–Trinajstić information content (AvgIpc) is 2.78. The number of carbonyl (C=O) groups excluding carboxylic acids is 1. The molecule has 1 aromatic heterocycles. The molecule has 1 saturated heterocycles. The highest BCUT2D eigenvalue weighted by Gasteiger charge is 2.17. The maximum absolute atomic E-state index is 10.5. The standard InChI is InChI=1S/C9H12ClN3OS/c10-5-8-6-15-9(11-8)13-3-1-12(7-14)2-4-13/h6-7H,1-5H2. The van der Waals surface area contributed by atoms with E-state index in [1.165, 1.54) is 0 Å². The minimum absolute atomic E-state index is 0.463. The molecule has 6 heteroatoms. The van der Waals surface area contributed by atoms with Crippen LogP contribution in [0.2, 0.25) is 0 Å². The van der Waals surface area contributed by atoms with E-state index >= 15 is 0 Å². The summed E-state index contributed by atoms with van der Waals surface area (Å²) in [6, 6.07) is 0. The molecule has 0 saturated carbocycles. The molecule has 1 aliphatic rings. The second-order valence-electron chi connectivity index (χ2n) is 3.38. The van der Waals surface area contributed by atoms with E-state index in [2.05, 4.69) is 9.88 Å². The number of hydrogen-bond donors (Lipinski definition) is 0. The molecule has 0 spiro atoms. The molecule has 0 bridgehead atoms. The Morgan fingerprint density at radius 2 is 2.20 bits per heavy atom. The fourth-order valence-corrected chi connectivity index (χ4v) is 2.63. The average molecular weight is 246 g/mol. The van der Waals surface area contributed by atoms with E-state index in [4.69, 9.17) is 11.6 Å². The summed E-state index contributed by atoms with van der Waals surface area (Å²) >= 11 is 7.31. The number of thiazole rings is 1. The molecule has 2 rings (SSSR count). The molecular weight excluding hydrogens is 234 g/mol. The number of aromatic nitrogens is 1. The lowest BCUT2D eigenvalue weighted by atomic mass is 10.3. The minimum Gasteiger partial charge on any atom is -0.345 e. The Labute approximate surface area is 97.5 Å². The first-order valence-electron chi connectivity index (χ1n) is 4.78. The molecule has 1 aromatic rings. The van der Waals surface area contributed by atoms with Gasteiger partial charge in [-0.05, 0) is 0 Å². The molecule has 4 nitrogen and oxygen atoms in total. The summed E-state index contributed by atoms with van der Waals surface area (Å²) in [5.74, 6) is 0.463. The van der Waals surface area contributed by atoms with Crippen molar-refractivity contribution in [3.63, 3.8) is 0 Å². The second-order valence-corrected chi connectivity index (χ2v) is 4.49. The van der Waals surface area contributed by atoms with Gasteiger partial charge >= 0.3 is 0 Å². The van der Waals surface area contributed by atoms with Gasteiger partial charge in [0.05, 0.1) is 11.6 Å². The second kappa shape index (κ2) is 4.81. The maximum Gasteiger partial charge on any atom is 0.209 e. The quantitative estimate of drug-likeness (QED) is 0.592. The van der Waals surface area contributed by atoms with Crippen molar-refractivity contribution < 1.29 is 4.79 Å². The highest BCUT2D eigenvalue weighted by Crippen LogP contribution is 2.22. The maximum atomic E-state index is 10.5. The Morgan fingerprint density at radius 1 is 1.47 bits per heavy atom. The molecule has 2 heterocycles. The minimum atomic E-state index is 0.463. The van der Waals surface area contributed by atoms with Gasteiger partial charge in [-0.3, -0.25) is 4.79 Å². The van der Waals surface area contributed by atoms with Crippen LogP contribution in [-0.2, 0) is 10.7 Å². The van der Waals surface area contributed by atoms with Crippen LogP contribution in [0.4, 0.5) is 5.13 Å². The molecule has 1 fully saturated rings. The molecule has 1 amide bonds. The van der Waals surface area contributed by atoms with E-state index < -0.39 is 0 Å². The van der Waals surface area contributed by atoms with Gasteiger partial charge in [-0.25, -0.2) is 4.98 Å². The summed E-state index contributed by atoms with van der Waals surface area (Å²) in [5, 5.41) is 2.99. The van der Waals surface area contributed by atoms with Crippen molar-refractivity contribution in [3.05, 3.63) is 11.1 Å². The third-order valence-electron chi connectivity index (χ3n) is 2.41. The number of piperazine rings is 1. The first kappa shape index (κ1) is 10.7. The van der Waals surface area contributed by atoms with Crippen LogP contribution in [-0.4, -0.2) is 42.5 Å². The summed E-state index contributed by atoms with van der Waals surface area (Å²) in [7, 11) is 0. The predicted molar refractivity (Wildman–Crippen MR) is 61.5 cm³/mol. The van der Waals surface area contributed by atoms with Gasteiger partial charge < -0.3 is 9.80 Å². The molecule has 82 valence electrons. The monoisotopic (exact) mass is 245 g/mol. The molecule has 0 aliphatic carbocycles. The molecule has 0 N–H and O–H groups in total. The Hall–Kier alpha value is -0.810. The van der Waals surface area contributed by atoms with E-state index in [-0.39, 0.29) is 0 Å². The van der Waals surface area contributed by atoms with E-state index in [9.17, 15) is 4.79 Å². The smallest absolute Gasteiger partial charge is 0.209 e.